The lowest BCUT2D eigenvalue weighted by atomic mass is 10.1. The van der Waals surface area contributed by atoms with Gasteiger partial charge in [-0.2, -0.15) is 5.10 Å². The molecule has 0 amide bonds. The predicted octanol–water partition coefficient (Wildman–Crippen LogP) is 5.04. The fourth-order valence-corrected chi connectivity index (χ4v) is 2.63. The average Bonchev–Trinajstić information content (AvgIpc) is 3.00. The van der Waals surface area contributed by atoms with E-state index in [0.29, 0.717) is 12.2 Å². The Morgan fingerprint density at radius 2 is 1.90 bits per heavy atom. The van der Waals surface area contributed by atoms with Gasteiger partial charge in [-0.05, 0) is 48.9 Å². The number of nitrogens with zero attached hydrogens (tertiary/aromatic N) is 3. The predicted molar refractivity (Wildman–Crippen MR) is 102 cm³/mol. The van der Waals surface area contributed by atoms with Crippen LogP contribution in [0.4, 0.5) is 23.4 Å². The lowest BCUT2D eigenvalue weighted by Gasteiger charge is -2.08. The third-order valence-corrected chi connectivity index (χ3v) is 4.05. The average molecular weight is 406 g/mol. The molecular formula is C20H18F4N4O. The van der Waals surface area contributed by atoms with Crippen LogP contribution >= 0.6 is 0 Å². The fraction of sp³-hybridized carbons (Fsp3) is 0.200. The minimum atomic E-state index is -4.79. The van der Waals surface area contributed by atoms with E-state index in [4.69, 9.17) is 0 Å². The molecule has 3 aromatic rings. The second kappa shape index (κ2) is 8.34. The largest absolute Gasteiger partial charge is 0.573 e. The van der Waals surface area contributed by atoms with Crippen LogP contribution in [0.25, 0.3) is 11.9 Å². The maximum atomic E-state index is 14.5. The van der Waals surface area contributed by atoms with E-state index in [2.05, 4.69) is 20.1 Å². The summed E-state index contributed by atoms with van der Waals surface area (Å²) < 4.78 is 56.6. The van der Waals surface area contributed by atoms with Crippen molar-refractivity contribution in [2.45, 2.75) is 19.8 Å². The van der Waals surface area contributed by atoms with Gasteiger partial charge in [0.05, 0.1) is 12.2 Å². The molecule has 29 heavy (non-hydrogen) atoms. The molecule has 0 aliphatic heterocycles. The topological polar surface area (TPSA) is 52.0 Å². The van der Waals surface area contributed by atoms with Crippen molar-refractivity contribution < 1.29 is 22.3 Å². The lowest BCUT2D eigenvalue weighted by Crippen LogP contribution is -2.16. The first-order chi connectivity index (χ1) is 13.7. The van der Waals surface area contributed by atoms with Crippen LogP contribution in [0.1, 0.15) is 22.5 Å². The second-order valence-corrected chi connectivity index (χ2v) is 6.23. The lowest BCUT2D eigenvalue weighted by molar-refractivity contribution is -0.274. The SMILES string of the molecule is CNc1ccc(Cn2nc(C=C(F)c3ccc(OC(F)(F)F)cc3)cc2C)cn1. The van der Waals surface area contributed by atoms with E-state index in [-0.39, 0.29) is 5.56 Å². The van der Waals surface area contributed by atoms with E-state index >= 15 is 0 Å². The number of rotatable bonds is 6. The van der Waals surface area contributed by atoms with Crippen molar-refractivity contribution in [2.24, 2.45) is 0 Å². The summed E-state index contributed by atoms with van der Waals surface area (Å²) >= 11 is 0. The van der Waals surface area contributed by atoms with Crippen LogP contribution in [0, 0.1) is 6.92 Å². The summed E-state index contributed by atoms with van der Waals surface area (Å²) in [5, 5.41) is 7.30. The van der Waals surface area contributed by atoms with Crippen molar-refractivity contribution in [2.75, 3.05) is 12.4 Å². The van der Waals surface area contributed by atoms with Crippen molar-refractivity contribution in [3.8, 4) is 5.75 Å². The molecule has 5 nitrogen and oxygen atoms in total. The zero-order valence-electron chi connectivity index (χ0n) is 15.7. The van der Waals surface area contributed by atoms with E-state index in [0.717, 1.165) is 29.2 Å². The third kappa shape index (κ3) is 5.56. The molecule has 3 rings (SSSR count). The van der Waals surface area contributed by atoms with Gasteiger partial charge in [0.25, 0.3) is 0 Å². The summed E-state index contributed by atoms with van der Waals surface area (Å²) in [6.45, 7) is 2.32. The van der Waals surface area contributed by atoms with Crippen molar-refractivity contribution in [3.05, 3.63) is 71.2 Å². The number of nitrogens with one attached hydrogen (secondary N) is 1. The molecule has 152 valence electrons. The summed E-state index contributed by atoms with van der Waals surface area (Å²) in [4.78, 5) is 4.24. The molecule has 0 fully saturated rings. The summed E-state index contributed by atoms with van der Waals surface area (Å²) in [6.07, 6.45) is -1.83. The highest BCUT2D eigenvalue weighted by molar-refractivity contribution is 5.75. The van der Waals surface area contributed by atoms with Gasteiger partial charge in [0.1, 0.15) is 17.4 Å². The molecule has 1 N–H and O–H groups in total. The Kier molecular flexibility index (Phi) is 5.86. The van der Waals surface area contributed by atoms with Gasteiger partial charge < -0.3 is 10.1 Å². The molecule has 0 atom stereocenters. The highest BCUT2D eigenvalue weighted by atomic mass is 19.4. The number of hydrogen-bond acceptors (Lipinski definition) is 4. The van der Waals surface area contributed by atoms with Gasteiger partial charge in [0.15, 0.2) is 0 Å². The number of benzene rings is 1. The van der Waals surface area contributed by atoms with Gasteiger partial charge in [-0.1, -0.05) is 6.07 Å². The Morgan fingerprint density at radius 3 is 2.48 bits per heavy atom. The maximum absolute atomic E-state index is 14.5. The van der Waals surface area contributed by atoms with Crippen LogP contribution < -0.4 is 10.1 Å². The summed E-state index contributed by atoms with van der Waals surface area (Å²) in [5.74, 6) is -0.274. The first-order valence-corrected chi connectivity index (χ1v) is 8.64. The van der Waals surface area contributed by atoms with E-state index in [1.807, 2.05) is 19.1 Å². The van der Waals surface area contributed by atoms with Gasteiger partial charge >= 0.3 is 6.36 Å². The summed E-state index contributed by atoms with van der Waals surface area (Å²) in [6, 6.07) is 10.0. The number of anilines is 1. The molecule has 0 bridgehead atoms. The molecular weight excluding hydrogens is 388 g/mol. The van der Waals surface area contributed by atoms with Crippen LogP contribution in [-0.2, 0) is 6.54 Å². The Bertz CT molecular complexity index is 993. The van der Waals surface area contributed by atoms with Crippen molar-refractivity contribution >= 4 is 17.7 Å². The third-order valence-electron chi connectivity index (χ3n) is 4.05. The zero-order valence-corrected chi connectivity index (χ0v) is 15.7. The normalized spacial score (nSPS) is 12.1. The van der Waals surface area contributed by atoms with Crippen molar-refractivity contribution in [1.29, 1.82) is 0 Å². The van der Waals surface area contributed by atoms with E-state index in [9.17, 15) is 17.6 Å². The monoisotopic (exact) mass is 406 g/mol. The Morgan fingerprint density at radius 1 is 1.17 bits per heavy atom. The molecule has 2 heterocycles. The van der Waals surface area contributed by atoms with E-state index in [1.165, 1.54) is 18.2 Å². The number of aryl methyl sites for hydroxylation is 1. The molecule has 2 aromatic heterocycles. The summed E-state index contributed by atoms with van der Waals surface area (Å²) in [7, 11) is 1.78. The van der Waals surface area contributed by atoms with Crippen LogP contribution in [-0.4, -0.2) is 28.2 Å². The molecule has 0 saturated heterocycles. The first kappa shape index (κ1) is 20.4. The van der Waals surface area contributed by atoms with Gasteiger partial charge in [-0.3, -0.25) is 4.68 Å². The molecule has 0 spiro atoms. The number of ether oxygens (including phenoxy) is 1. The Labute approximate surface area is 164 Å². The quantitative estimate of drug-likeness (QED) is 0.583. The zero-order chi connectivity index (χ0) is 21.0. The minimum absolute atomic E-state index is 0.124. The Hall–Kier alpha value is -3.36. The highest BCUT2D eigenvalue weighted by Crippen LogP contribution is 2.26. The molecule has 0 radical (unpaired) electrons. The van der Waals surface area contributed by atoms with E-state index in [1.54, 1.807) is 24.0 Å². The molecule has 0 aliphatic carbocycles. The van der Waals surface area contributed by atoms with Crippen LogP contribution in [0.2, 0.25) is 0 Å². The molecule has 9 heteroatoms. The van der Waals surface area contributed by atoms with Crippen molar-refractivity contribution in [1.82, 2.24) is 14.8 Å². The van der Waals surface area contributed by atoms with Gasteiger partial charge in [0, 0.05) is 30.6 Å². The van der Waals surface area contributed by atoms with E-state index < -0.39 is 17.9 Å². The fourth-order valence-electron chi connectivity index (χ4n) is 2.63. The molecule has 0 unspecified atom stereocenters. The molecule has 1 aromatic carbocycles. The maximum Gasteiger partial charge on any atom is 0.573 e. The van der Waals surface area contributed by atoms with Gasteiger partial charge in [-0.25, -0.2) is 9.37 Å². The van der Waals surface area contributed by atoms with Gasteiger partial charge in [0.2, 0.25) is 0 Å². The standard InChI is InChI=1S/C20H18F4N4O/c1-13-9-16(27-28(13)12-14-3-8-19(25-2)26-11-14)10-18(21)15-4-6-17(7-5-15)29-20(22,23)24/h3-11H,12H2,1-2H3,(H,25,26). The number of halogens is 4. The van der Waals surface area contributed by atoms with Crippen LogP contribution in [0.3, 0.4) is 0 Å². The number of alkyl halides is 3. The van der Waals surface area contributed by atoms with Crippen molar-refractivity contribution in [3.63, 3.8) is 0 Å². The Balaban J connectivity index is 1.73. The number of hydrogen-bond donors (Lipinski definition) is 1. The number of aromatic nitrogens is 3. The van der Waals surface area contributed by atoms with Crippen LogP contribution in [0.5, 0.6) is 5.75 Å². The first-order valence-electron chi connectivity index (χ1n) is 8.64. The highest BCUT2D eigenvalue weighted by Gasteiger charge is 2.31. The summed E-state index contributed by atoms with van der Waals surface area (Å²) in [5.41, 5.74) is 2.29. The van der Waals surface area contributed by atoms with Gasteiger partial charge in [-0.15, -0.1) is 13.2 Å². The van der Waals surface area contributed by atoms with Crippen LogP contribution in [0.15, 0.2) is 48.7 Å². The second-order valence-electron chi connectivity index (χ2n) is 6.23. The molecule has 0 aliphatic rings. The minimum Gasteiger partial charge on any atom is -0.406 e. The molecule has 0 saturated carbocycles. The number of pyridine rings is 1. The smallest absolute Gasteiger partial charge is 0.406 e.